The number of hydrogen-bond acceptors (Lipinski definition) is 4. The Hall–Kier alpha value is -2.08. The number of anilines is 1. The number of fused-ring (bicyclic) bond motifs is 1. The Morgan fingerprint density at radius 1 is 1.32 bits per heavy atom. The van der Waals surface area contributed by atoms with E-state index in [1.165, 1.54) is 12.8 Å². The van der Waals surface area contributed by atoms with Gasteiger partial charge in [0.1, 0.15) is 5.65 Å². The summed E-state index contributed by atoms with van der Waals surface area (Å²) in [6, 6.07) is 2.29. The van der Waals surface area contributed by atoms with Crippen LogP contribution in [0.5, 0.6) is 0 Å². The van der Waals surface area contributed by atoms with E-state index in [9.17, 15) is 9.90 Å². The number of hydrogen-bond donors (Lipinski definition) is 4. The number of aromatic nitrogens is 2. The first-order valence-corrected chi connectivity index (χ1v) is 9.23. The number of nitrogens with zero attached hydrogens (tertiary/aromatic N) is 1. The van der Waals surface area contributed by atoms with E-state index in [1.807, 2.05) is 12.3 Å². The van der Waals surface area contributed by atoms with Crippen LogP contribution in [0.15, 0.2) is 18.5 Å². The lowest BCUT2D eigenvalue weighted by Crippen LogP contribution is -2.59. The van der Waals surface area contributed by atoms with Crippen LogP contribution in [0.4, 0.5) is 5.69 Å². The molecule has 0 saturated heterocycles. The van der Waals surface area contributed by atoms with Crippen molar-refractivity contribution in [2.45, 2.75) is 43.7 Å². The molecule has 0 aromatic carbocycles. The Morgan fingerprint density at radius 2 is 2.08 bits per heavy atom. The minimum atomic E-state index is -0.444. The summed E-state index contributed by atoms with van der Waals surface area (Å²) in [5.41, 5.74) is 1.80. The largest absolute Gasteiger partial charge is 0.390 e. The zero-order valence-corrected chi connectivity index (χ0v) is 14.4. The molecule has 0 aliphatic heterocycles. The molecule has 2 aromatic heterocycles. The van der Waals surface area contributed by atoms with Crippen LogP contribution in [-0.2, 0) is 0 Å². The molecule has 132 valence electrons. The first kappa shape index (κ1) is 15.2. The summed E-state index contributed by atoms with van der Waals surface area (Å²) >= 11 is 0. The van der Waals surface area contributed by atoms with Crippen LogP contribution in [0.25, 0.3) is 11.0 Å². The van der Waals surface area contributed by atoms with Crippen molar-refractivity contribution < 1.29 is 9.90 Å². The van der Waals surface area contributed by atoms with E-state index >= 15 is 0 Å². The topological polar surface area (TPSA) is 90.0 Å². The predicted molar refractivity (Wildman–Crippen MR) is 95.4 cm³/mol. The molecule has 2 aromatic rings. The molecule has 5 atom stereocenters. The summed E-state index contributed by atoms with van der Waals surface area (Å²) in [5, 5.41) is 18.2. The maximum Gasteiger partial charge on any atom is 0.254 e. The van der Waals surface area contributed by atoms with Crippen molar-refractivity contribution in [2.75, 3.05) is 12.4 Å². The normalized spacial score (nSPS) is 35.9. The lowest BCUT2D eigenvalue weighted by molar-refractivity contribution is -0.129. The third-order valence-electron chi connectivity index (χ3n) is 6.61. The first-order valence-electron chi connectivity index (χ1n) is 9.23. The Kier molecular flexibility index (Phi) is 3.17. The highest BCUT2D eigenvalue weighted by Crippen LogP contribution is 2.56. The third-order valence-corrected chi connectivity index (χ3v) is 6.61. The van der Waals surface area contributed by atoms with Gasteiger partial charge in [-0.15, -0.1) is 0 Å². The zero-order valence-electron chi connectivity index (χ0n) is 14.4. The van der Waals surface area contributed by atoms with Crippen molar-refractivity contribution in [3.05, 3.63) is 24.0 Å². The van der Waals surface area contributed by atoms with Crippen molar-refractivity contribution in [2.24, 2.45) is 17.8 Å². The number of nitrogens with one attached hydrogen (secondary N) is 3. The molecule has 6 heteroatoms. The predicted octanol–water partition coefficient (Wildman–Crippen LogP) is 2.27. The average Bonchev–Trinajstić information content (AvgIpc) is 3.04. The molecule has 4 N–H and O–H groups in total. The SMILES string of the molecule is CNC(=O)c1cnc2[nH]ccc2c1NC1C2CC3C[C@H]1CC(O)(C3)C2. The van der Waals surface area contributed by atoms with Gasteiger partial charge in [-0.1, -0.05) is 0 Å². The summed E-state index contributed by atoms with van der Waals surface area (Å²) in [4.78, 5) is 19.9. The highest BCUT2D eigenvalue weighted by atomic mass is 16.3. The van der Waals surface area contributed by atoms with Crippen molar-refractivity contribution in [3.63, 3.8) is 0 Å². The molecule has 4 aliphatic carbocycles. The van der Waals surface area contributed by atoms with E-state index in [0.717, 1.165) is 36.0 Å². The van der Waals surface area contributed by atoms with Gasteiger partial charge in [-0.05, 0) is 55.9 Å². The van der Waals surface area contributed by atoms with E-state index in [0.29, 0.717) is 29.4 Å². The van der Waals surface area contributed by atoms with Crippen molar-refractivity contribution in [1.82, 2.24) is 15.3 Å². The van der Waals surface area contributed by atoms with Gasteiger partial charge in [-0.2, -0.15) is 0 Å². The van der Waals surface area contributed by atoms with Crippen LogP contribution in [0.3, 0.4) is 0 Å². The molecule has 4 unspecified atom stereocenters. The number of aliphatic hydroxyl groups is 1. The van der Waals surface area contributed by atoms with Crippen molar-refractivity contribution in [1.29, 1.82) is 0 Å². The molecule has 4 bridgehead atoms. The fraction of sp³-hybridized carbons (Fsp3) is 0.579. The average molecular weight is 340 g/mol. The number of H-pyrrole nitrogens is 1. The zero-order chi connectivity index (χ0) is 17.2. The molecule has 0 spiro atoms. The fourth-order valence-corrected chi connectivity index (χ4v) is 5.85. The maximum absolute atomic E-state index is 12.4. The van der Waals surface area contributed by atoms with Gasteiger partial charge in [0, 0.05) is 30.9 Å². The van der Waals surface area contributed by atoms with Gasteiger partial charge in [-0.3, -0.25) is 4.79 Å². The lowest BCUT2D eigenvalue weighted by atomic mass is 9.52. The number of amides is 1. The smallest absolute Gasteiger partial charge is 0.254 e. The van der Waals surface area contributed by atoms with E-state index < -0.39 is 5.60 Å². The number of pyridine rings is 1. The van der Waals surface area contributed by atoms with E-state index in [-0.39, 0.29) is 5.91 Å². The minimum absolute atomic E-state index is 0.124. The van der Waals surface area contributed by atoms with E-state index in [1.54, 1.807) is 13.2 Å². The van der Waals surface area contributed by atoms with E-state index in [4.69, 9.17) is 0 Å². The van der Waals surface area contributed by atoms with Crippen LogP contribution in [0.1, 0.15) is 42.5 Å². The summed E-state index contributed by atoms with van der Waals surface area (Å²) in [7, 11) is 1.64. The van der Waals surface area contributed by atoms with Crippen molar-refractivity contribution in [3.8, 4) is 0 Å². The first-order chi connectivity index (χ1) is 12.1. The fourth-order valence-electron chi connectivity index (χ4n) is 5.85. The van der Waals surface area contributed by atoms with Gasteiger partial charge in [-0.25, -0.2) is 4.98 Å². The van der Waals surface area contributed by atoms with Gasteiger partial charge in [0.15, 0.2) is 0 Å². The molecule has 25 heavy (non-hydrogen) atoms. The van der Waals surface area contributed by atoms with Gasteiger partial charge >= 0.3 is 0 Å². The second-order valence-corrected chi connectivity index (χ2v) is 8.23. The monoisotopic (exact) mass is 340 g/mol. The van der Waals surface area contributed by atoms with Crippen LogP contribution in [0.2, 0.25) is 0 Å². The Balaban J connectivity index is 1.54. The minimum Gasteiger partial charge on any atom is -0.390 e. The van der Waals surface area contributed by atoms with E-state index in [2.05, 4.69) is 20.6 Å². The molecular formula is C19H24N4O2. The Labute approximate surface area is 146 Å². The Morgan fingerprint density at radius 3 is 2.76 bits per heavy atom. The Bertz CT molecular complexity index is 829. The number of aromatic amines is 1. The molecule has 6 rings (SSSR count). The summed E-state index contributed by atoms with van der Waals surface area (Å²) in [6.07, 6.45) is 8.62. The van der Waals surface area contributed by atoms with Gasteiger partial charge in [0.25, 0.3) is 5.91 Å². The number of carbonyl (C=O) groups is 1. The number of rotatable bonds is 3. The standard InChI is InChI=1S/C19H24N4O2/c1-20-18(24)14-9-22-17-13(2-3-21-17)16(14)23-15-11-4-10-5-12(15)8-19(25,6-10)7-11/h2-3,9-12,15,25H,4-8H2,1H3,(H,20,24)(H2,21,22,23)/t10?,11-,12?,15?,19?/m0/s1. The highest BCUT2D eigenvalue weighted by Gasteiger charge is 2.54. The van der Waals surface area contributed by atoms with Gasteiger partial charge in [0.2, 0.25) is 0 Å². The molecule has 4 fully saturated rings. The van der Waals surface area contributed by atoms with Crippen molar-refractivity contribution >= 4 is 22.6 Å². The molecular weight excluding hydrogens is 316 g/mol. The molecule has 1 amide bonds. The quantitative estimate of drug-likeness (QED) is 0.690. The molecule has 2 heterocycles. The van der Waals surface area contributed by atoms with Crippen LogP contribution >= 0.6 is 0 Å². The summed E-state index contributed by atoms with van der Waals surface area (Å²) in [5.74, 6) is 1.51. The van der Waals surface area contributed by atoms with Gasteiger partial charge in [0.05, 0.1) is 16.9 Å². The molecule has 0 radical (unpaired) electrons. The van der Waals surface area contributed by atoms with Crippen LogP contribution < -0.4 is 10.6 Å². The third kappa shape index (κ3) is 2.27. The maximum atomic E-state index is 12.4. The van der Waals surface area contributed by atoms with Crippen LogP contribution in [-0.4, -0.2) is 39.7 Å². The van der Waals surface area contributed by atoms with Crippen LogP contribution in [0, 0.1) is 17.8 Å². The molecule has 6 nitrogen and oxygen atoms in total. The highest BCUT2D eigenvalue weighted by molar-refractivity contribution is 6.06. The molecule has 4 saturated carbocycles. The van der Waals surface area contributed by atoms with Gasteiger partial charge < -0.3 is 20.7 Å². The second-order valence-electron chi connectivity index (χ2n) is 8.23. The molecule has 4 aliphatic rings. The summed E-state index contributed by atoms with van der Waals surface area (Å²) in [6.45, 7) is 0. The summed E-state index contributed by atoms with van der Waals surface area (Å²) < 4.78 is 0. The number of carbonyl (C=O) groups excluding carboxylic acids is 1. The second kappa shape index (κ2) is 5.21. The lowest BCUT2D eigenvalue weighted by Gasteiger charge is -2.58.